The lowest BCUT2D eigenvalue weighted by atomic mass is 10.2. The average molecular weight is 419 g/mol. The Labute approximate surface area is 174 Å². The maximum absolute atomic E-state index is 12.3. The van der Waals surface area contributed by atoms with Crippen LogP contribution in [0.5, 0.6) is 5.75 Å². The van der Waals surface area contributed by atoms with Crippen molar-refractivity contribution in [2.75, 3.05) is 45.2 Å². The number of anilines is 1. The van der Waals surface area contributed by atoms with E-state index in [2.05, 4.69) is 22.3 Å². The molecule has 2 aromatic rings. The van der Waals surface area contributed by atoms with Crippen molar-refractivity contribution >= 4 is 28.9 Å². The van der Waals surface area contributed by atoms with Gasteiger partial charge in [0.1, 0.15) is 11.4 Å². The van der Waals surface area contributed by atoms with Gasteiger partial charge in [-0.3, -0.25) is 24.7 Å². The van der Waals surface area contributed by atoms with Crippen LogP contribution in [0.1, 0.15) is 5.56 Å². The molecule has 1 N–H and O–H groups in total. The van der Waals surface area contributed by atoms with Crippen LogP contribution in [0.4, 0.5) is 11.4 Å². The van der Waals surface area contributed by atoms with Gasteiger partial charge in [0.15, 0.2) is 0 Å². The molecule has 8 nitrogen and oxygen atoms in total. The Balaban J connectivity index is 1.48. The molecule has 1 aliphatic rings. The van der Waals surface area contributed by atoms with Gasteiger partial charge in [-0.1, -0.05) is 23.7 Å². The maximum Gasteiger partial charge on any atom is 0.294 e. The minimum absolute atomic E-state index is 0.155. The SMILES string of the molecule is COc1ccc(CN2CCN(CC(=O)Nc3ccc(Cl)cc3[N+](=O)[O-])CC2)cc1. The largest absolute Gasteiger partial charge is 0.497 e. The van der Waals surface area contributed by atoms with Crippen LogP contribution in [-0.2, 0) is 11.3 Å². The van der Waals surface area contributed by atoms with E-state index >= 15 is 0 Å². The van der Waals surface area contributed by atoms with Gasteiger partial charge in [0.05, 0.1) is 18.6 Å². The fraction of sp³-hybridized carbons (Fsp3) is 0.350. The minimum atomic E-state index is -0.556. The summed E-state index contributed by atoms with van der Waals surface area (Å²) in [6.07, 6.45) is 0. The van der Waals surface area contributed by atoms with Gasteiger partial charge in [0.2, 0.25) is 5.91 Å². The quantitative estimate of drug-likeness (QED) is 0.549. The molecule has 1 aliphatic heterocycles. The number of benzene rings is 2. The molecule has 3 rings (SSSR count). The number of halogens is 1. The summed E-state index contributed by atoms with van der Waals surface area (Å²) in [4.78, 5) is 27.3. The van der Waals surface area contributed by atoms with E-state index in [1.807, 2.05) is 17.0 Å². The number of hydrogen-bond acceptors (Lipinski definition) is 6. The number of methoxy groups -OCH3 is 1. The molecule has 0 aliphatic carbocycles. The van der Waals surface area contributed by atoms with Gasteiger partial charge in [-0.15, -0.1) is 0 Å². The van der Waals surface area contributed by atoms with Crippen LogP contribution < -0.4 is 10.1 Å². The highest BCUT2D eigenvalue weighted by atomic mass is 35.5. The van der Waals surface area contributed by atoms with Crippen molar-refractivity contribution in [2.45, 2.75) is 6.54 Å². The Kier molecular flexibility index (Phi) is 7.03. The minimum Gasteiger partial charge on any atom is -0.497 e. The van der Waals surface area contributed by atoms with Gasteiger partial charge in [-0.2, -0.15) is 0 Å². The van der Waals surface area contributed by atoms with Crippen molar-refractivity contribution in [1.82, 2.24) is 9.80 Å². The molecule has 29 heavy (non-hydrogen) atoms. The van der Waals surface area contributed by atoms with Gasteiger partial charge in [-0.25, -0.2) is 0 Å². The van der Waals surface area contributed by atoms with Crippen LogP contribution in [-0.4, -0.2) is 60.5 Å². The lowest BCUT2D eigenvalue weighted by Gasteiger charge is -2.34. The molecule has 0 spiro atoms. The smallest absolute Gasteiger partial charge is 0.294 e. The van der Waals surface area contributed by atoms with Crippen molar-refractivity contribution in [2.24, 2.45) is 0 Å². The van der Waals surface area contributed by atoms with Crippen LogP contribution in [0, 0.1) is 10.1 Å². The number of piperazine rings is 1. The first-order valence-corrected chi connectivity index (χ1v) is 9.64. The van der Waals surface area contributed by atoms with E-state index in [-0.39, 0.29) is 28.8 Å². The van der Waals surface area contributed by atoms with E-state index in [9.17, 15) is 14.9 Å². The first-order chi connectivity index (χ1) is 13.9. The van der Waals surface area contributed by atoms with Gasteiger partial charge < -0.3 is 10.1 Å². The number of ether oxygens (including phenoxy) is 1. The highest BCUT2D eigenvalue weighted by molar-refractivity contribution is 6.31. The zero-order chi connectivity index (χ0) is 20.8. The van der Waals surface area contributed by atoms with Crippen LogP contribution >= 0.6 is 11.6 Å². The van der Waals surface area contributed by atoms with Crippen molar-refractivity contribution in [3.63, 3.8) is 0 Å². The summed E-state index contributed by atoms with van der Waals surface area (Å²) in [5.74, 6) is 0.560. The summed E-state index contributed by atoms with van der Waals surface area (Å²) in [7, 11) is 1.65. The van der Waals surface area contributed by atoms with Crippen LogP contribution in [0.15, 0.2) is 42.5 Å². The second-order valence-electron chi connectivity index (χ2n) is 6.87. The molecule has 154 valence electrons. The lowest BCUT2D eigenvalue weighted by Crippen LogP contribution is -2.48. The number of carbonyl (C=O) groups is 1. The first kappa shape index (κ1) is 21.0. The highest BCUT2D eigenvalue weighted by Crippen LogP contribution is 2.27. The maximum atomic E-state index is 12.3. The number of rotatable bonds is 7. The third kappa shape index (κ3) is 5.90. The Hall–Kier alpha value is -2.68. The van der Waals surface area contributed by atoms with Crippen LogP contribution in [0.25, 0.3) is 0 Å². The Morgan fingerprint density at radius 1 is 1.14 bits per heavy atom. The summed E-state index contributed by atoms with van der Waals surface area (Å²) >= 11 is 5.80. The molecular weight excluding hydrogens is 396 g/mol. The van der Waals surface area contributed by atoms with Crippen molar-refractivity contribution in [3.05, 3.63) is 63.2 Å². The molecule has 0 saturated carbocycles. The third-order valence-corrected chi connectivity index (χ3v) is 5.06. The van der Waals surface area contributed by atoms with E-state index < -0.39 is 4.92 Å². The van der Waals surface area contributed by atoms with E-state index in [1.165, 1.54) is 23.8 Å². The zero-order valence-electron chi connectivity index (χ0n) is 16.1. The molecule has 0 bridgehead atoms. The van der Waals surface area contributed by atoms with E-state index in [0.717, 1.165) is 38.5 Å². The molecule has 0 atom stereocenters. The molecule has 1 fully saturated rings. The third-order valence-electron chi connectivity index (χ3n) is 4.83. The van der Waals surface area contributed by atoms with Gasteiger partial charge in [0, 0.05) is 43.8 Å². The number of carbonyl (C=O) groups excluding carboxylic acids is 1. The molecule has 1 heterocycles. The molecule has 1 amide bonds. The predicted molar refractivity (Wildman–Crippen MR) is 111 cm³/mol. The van der Waals surface area contributed by atoms with Crippen LogP contribution in [0.2, 0.25) is 5.02 Å². The van der Waals surface area contributed by atoms with Gasteiger partial charge >= 0.3 is 0 Å². The van der Waals surface area contributed by atoms with Crippen LogP contribution in [0.3, 0.4) is 0 Å². The van der Waals surface area contributed by atoms with Crippen molar-refractivity contribution in [1.29, 1.82) is 0 Å². The average Bonchev–Trinajstić information content (AvgIpc) is 2.71. The van der Waals surface area contributed by atoms with E-state index in [0.29, 0.717) is 0 Å². The number of nitro groups is 1. The van der Waals surface area contributed by atoms with Gasteiger partial charge in [-0.05, 0) is 29.8 Å². The lowest BCUT2D eigenvalue weighted by molar-refractivity contribution is -0.383. The first-order valence-electron chi connectivity index (χ1n) is 9.26. The van der Waals surface area contributed by atoms with E-state index in [1.54, 1.807) is 7.11 Å². The number of amides is 1. The summed E-state index contributed by atoms with van der Waals surface area (Å²) in [5.41, 5.74) is 1.16. The summed E-state index contributed by atoms with van der Waals surface area (Å²) < 4.78 is 5.18. The molecule has 0 aromatic heterocycles. The number of nitrogens with one attached hydrogen (secondary N) is 1. The monoisotopic (exact) mass is 418 g/mol. The summed E-state index contributed by atoms with van der Waals surface area (Å²) in [5, 5.41) is 14.0. The fourth-order valence-corrected chi connectivity index (χ4v) is 3.42. The summed E-state index contributed by atoms with van der Waals surface area (Å²) in [6.45, 7) is 4.25. The highest BCUT2D eigenvalue weighted by Gasteiger charge is 2.21. The molecule has 0 radical (unpaired) electrons. The molecule has 1 saturated heterocycles. The molecule has 9 heteroatoms. The van der Waals surface area contributed by atoms with E-state index in [4.69, 9.17) is 16.3 Å². The topological polar surface area (TPSA) is 88.0 Å². The Bertz CT molecular complexity index is 867. The number of nitro benzene ring substituents is 1. The normalized spacial score (nSPS) is 15.1. The van der Waals surface area contributed by atoms with Gasteiger partial charge in [0.25, 0.3) is 5.69 Å². The number of hydrogen-bond donors (Lipinski definition) is 1. The Morgan fingerprint density at radius 3 is 2.41 bits per heavy atom. The summed E-state index contributed by atoms with van der Waals surface area (Å²) in [6, 6.07) is 12.2. The fourth-order valence-electron chi connectivity index (χ4n) is 3.25. The molecular formula is C20H23ClN4O4. The molecule has 2 aromatic carbocycles. The van der Waals surface area contributed by atoms with Crippen molar-refractivity contribution < 1.29 is 14.5 Å². The standard InChI is InChI=1S/C20H23ClN4O4/c1-29-17-5-2-15(3-6-17)13-23-8-10-24(11-9-23)14-20(26)22-18-7-4-16(21)12-19(18)25(27)28/h2-7,12H,8-11,13-14H2,1H3,(H,22,26). The second kappa shape index (κ2) is 9.69. The zero-order valence-corrected chi connectivity index (χ0v) is 16.9. The Morgan fingerprint density at radius 2 is 1.79 bits per heavy atom. The molecule has 0 unspecified atom stereocenters. The van der Waals surface area contributed by atoms with Crippen molar-refractivity contribution in [3.8, 4) is 5.75 Å². The second-order valence-corrected chi connectivity index (χ2v) is 7.30. The predicted octanol–water partition coefficient (Wildman–Crippen LogP) is 3.01. The number of nitrogens with zero attached hydrogens (tertiary/aromatic N) is 3.